The van der Waals surface area contributed by atoms with Crippen LogP contribution >= 0.6 is 11.8 Å². The summed E-state index contributed by atoms with van der Waals surface area (Å²) < 4.78 is 5.21. The molecule has 25 heavy (non-hydrogen) atoms. The summed E-state index contributed by atoms with van der Waals surface area (Å²) in [7, 11) is 0. The quantitative estimate of drug-likeness (QED) is 0.631. The average molecular weight is 358 g/mol. The molecule has 1 aliphatic heterocycles. The number of nitrogens with two attached hydrogens (primary N) is 1. The number of nitrogens with zero attached hydrogens (tertiary/aromatic N) is 2. The van der Waals surface area contributed by atoms with Crippen molar-refractivity contribution in [2.45, 2.75) is 13.1 Å². The number of thioether (sulfide) groups is 1. The van der Waals surface area contributed by atoms with E-state index >= 15 is 0 Å². The molecular formula is C18H22N4O2S. The lowest BCUT2D eigenvalue weighted by Gasteiger charge is -2.27. The minimum atomic E-state index is -0.136. The molecule has 0 spiro atoms. The van der Waals surface area contributed by atoms with Crippen LogP contribution in [0.4, 0.5) is 0 Å². The summed E-state index contributed by atoms with van der Waals surface area (Å²) in [6.45, 7) is 2.72. The van der Waals surface area contributed by atoms with Crippen LogP contribution in [0.25, 0.3) is 0 Å². The van der Waals surface area contributed by atoms with Crippen LogP contribution in [0.1, 0.15) is 21.7 Å². The Morgan fingerprint density at radius 2 is 2.12 bits per heavy atom. The van der Waals surface area contributed by atoms with E-state index in [4.69, 9.17) is 10.2 Å². The number of amides is 1. The van der Waals surface area contributed by atoms with Crippen LogP contribution in [0.2, 0.25) is 0 Å². The highest BCUT2D eigenvalue weighted by atomic mass is 32.2. The largest absolute Gasteiger partial charge is 0.467 e. The van der Waals surface area contributed by atoms with E-state index in [1.165, 1.54) is 0 Å². The zero-order chi connectivity index (χ0) is 17.5. The molecule has 1 amide bonds. The van der Waals surface area contributed by atoms with Gasteiger partial charge in [0, 0.05) is 30.2 Å². The van der Waals surface area contributed by atoms with Crippen LogP contribution in [-0.2, 0) is 13.1 Å². The number of nitrogens with one attached hydrogen (secondary N) is 1. The minimum Gasteiger partial charge on any atom is -0.467 e. The fourth-order valence-electron chi connectivity index (χ4n) is 2.56. The Morgan fingerprint density at radius 3 is 2.88 bits per heavy atom. The Labute approximate surface area is 151 Å². The lowest BCUT2D eigenvalue weighted by atomic mass is 10.1. The molecule has 1 aliphatic rings. The predicted octanol–water partition coefficient (Wildman–Crippen LogP) is 2.07. The summed E-state index contributed by atoms with van der Waals surface area (Å²) in [6, 6.07) is 11.1. The maximum Gasteiger partial charge on any atom is 0.251 e. The Morgan fingerprint density at radius 1 is 1.28 bits per heavy atom. The van der Waals surface area contributed by atoms with Crippen LogP contribution in [0.15, 0.2) is 52.1 Å². The number of hydrogen-bond acceptors (Lipinski definition) is 4. The second-order valence-corrected chi connectivity index (χ2v) is 6.96. The summed E-state index contributed by atoms with van der Waals surface area (Å²) in [5.41, 5.74) is 7.64. The van der Waals surface area contributed by atoms with Gasteiger partial charge in [-0.05, 0) is 29.8 Å². The van der Waals surface area contributed by atoms with Crippen molar-refractivity contribution in [2.75, 3.05) is 24.6 Å². The molecular weight excluding hydrogens is 336 g/mol. The van der Waals surface area contributed by atoms with Gasteiger partial charge in [0.25, 0.3) is 5.91 Å². The molecule has 1 aromatic carbocycles. The van der Waals surface area contributed by atoms with Crippen molar-refractivity contribution in [3.05, 3.63) is 59.5 Å². The van der Waals surface area contributed by atoms with Crippen molar-refractivity contribution >= 4 is 23.6 Å². The Kier molecular flexibility index (Phi) is 6.00. The molecule has 2 heterocycles. The zero-order valence-electron chi connectivity index (χ0n) is 14.0. The molecule has 1 aromatic heterocycles. The first kappa shape index (κ1) is 17.4. The standard InChI is InChI=1S/C18H22N4O2S/c19-18(22-6-9-25-10-7-22)21-12-14-3-1-4-15(11-14)17(23)20-13-16-5-2-8-24-16/h1-5,8,11H,6-7,9-10,12-13H2,(H2,19,21)(H,20,23). The number of benzene rings is 1. The van der Waals surface area contributed by atoms with E-state index in [0.29, 0.717) is 24.6 Å². The zero-order valence-corrected chi connectivity index (χ0v) is 14.8. The Bertz CT molecular complexity index is 724. The second-order valence-electron chi connectivity index (χ2n) is 5.74. The third-order valence-electron chi connectivity index (χ3n) is 3.95. The normalized spacial score (nSPS) is 15.2. The van der Waals surface area contributed by atoms with Gasteiger partial charge in [0.1, 0.15) is 5.76 Å². The maximum absolute atomic E-state index is 12.3. The van der Waals surface area contributed by atoms with Crippen LogP contribution in [0.5, 0.6) is 0 Å². The number of guanidine groups is 1. The van der Waals surface area contributed by atoms with E-state index in [2.05, 4.69) is 15.2 Å². The summed E-state index contributed by atoms with van der Waals surface area (Å²) in [5, 5.41) is 2.84. The van der Waals surface area contributed by atoms with Gasteiger partial charge in [-0.3, -0.25) is 4.79 Å². The fraction of sp³-hybridized carbons (Fsp3) is 0.333. The topological polar surface area (TPSA) is 83.9 Å². The number of rotatable bonds is 5. The molecule has 0 bridgehead atoms. The summed E-state index contributed by atoms with van der Waals surface area (Å²) in [5.74, 6) is 3.33. The number of carbonyl (C=O) groups excluding carboxylic acids is 1. The van der Waals surface area contributed by atoms with Crippen LogP contribution in [0.3, 0.4) is 0 Å². The van der Waals surface area contributed by atoms with Crippen molar-refractivity contribution in [1.82, 2.24) is 10.2 Å². The highest BCUT2D eigenvalue weighted by molar-refractivity contribution is 7.99. The predicted molar refractivity (Wildman–Crippen MR) is 101 cm³/mol. The average Bonchev–Trinajstić information content (AvgIpc) is 3.19. The van der Waals surface area contributed by atoms with Gasteiger partial charge >= 0.3 is 0 Å². The molecule has 1 fully saturated rings. The molecule has 3 rings (SSSR count). The van der Waals surface area contributed by atoms with E-state index < -0.39 is 0 Å². The van der Waals surface area contributed by atoms with E-state index in [-0.39, 0.29) is 5.91 Å². The SMILES string of the molecule is NC(=NCc1cccc(C(=O)NCc2ccco2)c1)N1CCSCC1. The second kappa shape index (κ2) is 8.62. The molecule has 0 aliphatic carbocycles. The molecule has 132 valence electrons. The van der Waals surface area contributed by atoms with Crippen molar-refractivity contribution in [3.8, 4) is 0 Å². The van der Waals surface area contributed by atoms with Gasteiger partial charge < -0.3 is 20.4 Å². The first-order valence-electron chi connectivity index (χ1n) is 8.24. The van der Waals surface area contributed by atoms with Crippen molar-refractivity contribution in [3.63, 3.8) is 0 Å². The van der Waals surface area contributed by atoms with Crippen LogP contribution in [-0.4, -0.2) is 41.4 Å². The third-order valence-corrected chi connectivity index (χ3v) is 4.89. The van der Waals surface area contributed by atoms with Gasteiger partial charge in [0.2, 0.25) is 0 Å². The number of furan rings is 1. The van der Waals surface area contributed by atoms with Gasteiger partial charge in [0.05, 0.1) is 19.4 Å². The lowest BCUT2D eigenvalue weighted by Crippen LogP contribution is -2.42. The smallest absolute Gasteiger partial charge is 0.251 e. The highest BCUT2D eigenvalue weighted by Crippen LogP contribution is 2.10. The van der Waals surface area contributed by atoms with Crippen molar-refractivity contribution < 1.29 is 9.21 Å². The molecule has 0 atom stereocenters. The Hall–Kier alpha value is -2.41. The number of hydrogen-bond donors (Lipinski definition) is 2. The molecule has 0 unspecified atom stereocenters. The van der Waals surface area contributed by atoms with E-state index in [1.807, 2.05) is 36.0 Å². The van der Waals surface area contributed by atoms with E-state index in [0.717, 1.165) is 35.9 Å². The molecule has 2 aromatic rings. The van der Waals surface area contributed by atoms with Gasteiger partial charge in [-0.2, -0.15) is 11.8 Å². The van der Waals surface area contributed by atoms with Crippen LogP contribution in [0, 0.1) is 0 Å². The van der Waals surface area contributed by atoms with Gasteiger partial charge in [-0.25, -0.2) is 4.99 Å². The first-order valence-corrected chi connectivity index (χ1v) is 9.40. The summed E-state index contributed by atoms with van der Waals surface area (Å²) >= 11 is 1.94. The molecule has 3 N–H and O–H groups in total. The summed E-state index contributed by atoms with van der Waals surface area (Å²) in [4.78, 5) is 18.8. The molecule has 0 radical (unpaired) electrons. The van der Waals surface area contributed by atoms with Gasteiger partial charge in [-0.1, -0.05) is 12.1 Å². The van der Waals surface area contributed by atoms with Gasteiger partial charge in [-0.15, -0.1) is 0 Å². The lowest BCUT2D eigenvalue weighted by molar-refractivity contribution is 0.0948. The van der Waals surface area contributed by atoms with E-state index in [1.54, 1.807) is 18.4 Å². The molecule has 1 saturated heterocycles. The molecule has 6 nitrogen and oxygen atoms in total. The van der Waals surface area contributed by atoms with Crippen molar-refractivity contribution in [1.29, 1.82) is 0 Å². The fourth-order valence-corrected chi connectivity index (χ4v) is 3.46. The third kappa shape index (κ3) is 5.03. The van der Waals surface area contributed by atoms with E-state index in [9.17, 15) is 4.79 Å². The Balaban J connectivity index is 1.57. The van der Waals surface area contributed by atoms with Gasteiger partial charge in [0.15, 0.2) is 5.96 Å². The highest BCUT2D eigenvalue weighted by Gasteiger charge is 2.12. The van der Waals surface area contributed by atoms with Crippen molar-refractivity contribution in [2.24, 2.45) is 10.7 Å². The molecule has 0 saturated carbocycles. The van der Waals surface area contributed by atoms with Crippen LogP contribution < -0.4 is 11.1 Å². The molecule has 7 heteroatoms. The number of carbonyl (C=O) groups is 1. The first-order chi connectivity index (χ1) is 12.2. The monoisotopic (exact) mass is 358 g/mol. The number of aliphatic imine (C=N–C) groups is 1. The minimum absolute atomic E-state index is 0.136. The summed E-state index contributed by atoms with van der Waals surface area (Å²) in [6.07, 6.45) is 1.59. The maximum atomic E-state index is 12.3.